The van der Waals surface area contributed by atoms with Crippen molar-refractivity contribution in [1.29, 1.82) is 5.26 Å². The molecule has 14 heavy (non-hydrogen) atoms. The van der Waals surface area contributed by atoms with Gasteiger partial charge in [0.05, 0.1) is 12.7 Å². The topological polar surface area (TPSA) is 50.1 Å². The van der Waals surface area contributed by atoms with E-state index in [4.69, 9.17) is 10.00 Å². The maximum absolute atomic E-state index is 11.6. The molecule has 1 spiro atoms. The number of hydrogen-bond donors (Lipinski definition) is 0. The third-order valence-electron chi connectivity index (χ3n) is 3.65. The summed E-state index contributed by atoms with van der Waals surface area (Å²) < 4.78 is 4.94. The summed E-state index contributed by atoms with van der Waals surface area (Å²) in [5, 5.41) is 9.03. The van der Waals surface area contributed by atoms with Crippen molar-refractivity contribution in [3.8, 4) is 6.07 Å². The third kappa shape index (κ3) is 1.13. The van der Waals surface area contributed by atoms with E-state index in [0.29, 0.717) is 12.0 Å². The van der Waals surface area contributed by atoms with E-state index in [2.05, 4.69) is 6.07 Å². The van der Waals surface area contributed by atoms with E-state index in [1.807, 2.05) is 0 Å². The van der Waals surface area contributed by atoms with E-state index in [9.17, 15) is 4.79 Å². The predicted octanol–water partition coefficient (Wildman–Crippen LogP) is 2.02. The van der Waals surface area contributed by atoms with Crippen LogP contribution in [0.2, 0.25) is 0 Å². The van der Waals surface area contributed by atoms with Gasteiger partial charge in [-0.2, -0.15) is 5.26 Å². The lowest BCUT2D eigenvalue weighted by Crippen LogP contribution is -2.54. The molecule has 3 nitrogen and oxygen atoms in total. The zero-order valence-electron chi connectivity index (χ0n) is 8.51. The van der Waals surface area contributed by atoms with Crippen LogP contribution in [0, 0.1) is 22.2 Å². The van der Waals surface area contributed by atoms with Crippen LogP contribution < -0.4 is 0 Å². The van der Waals surface area contributed by atoms with Gasteiger partial charge in [-0.25, -0.2) is 0 Å². The Kier molecular flexibility index (Phi) is 2.02. The predicted molar refractivity (Wildman–Crippen MR) is 50.2 cm³/mol. The van der Waals surface area contributed by atoms with Gasteiger partial charge in [0.15, 0.2) is 5.41 Å². The van der Waals surface area contributed by atoms with E-state index in [1.165, 1.54) is 19.3 Å². The quantitative estimate of drug-likeness (QED) is 0.630. The monoisotopic (exact) mass is 193 g/mol. The first-order valence-corrected chi connectivity index (χ1v) is 5.25. The van der Waals surface area contributed by atoms with Crippen LogP contribution in [0.3, 0.4) is 0 Å². The highest BCUT2D eigenvalue weighted by atomic mass is 16.5. The van der Waals surface area contributed by atoms with Gasteiger partial charge in [-0.3, -0.25) is 4.79 Å². The Labute approximate surface area is 84.0 Å². The molecule has 0 atom stereocenters. The lowest BCUT2D eigenvalue weighted by molar-refractivity contribution is -0.170. The molecule has 2 rings (SSSR count). The SMILES string of the molecule is CCOC(=O)C1(C#N)CC2(CCC2)C1. The van der Waals surface area contributed by atoms with Gasteiger partial charge in [-0.05, 0) is 38.0 Å². The molecular weight excluding hydrogens is 178 g/mol. The molecule has 0 N–H and O–H groups in total. The minimum atomic E-state index is -0.795. The highest BCUT2D eigenvalue weighted by Crippen LogP contribution is 2.64. The maximum atomic E-state index is 11.6. The molecule has 0 radical (unpaired) electrons. The van der Waals surface area contributed by atoms with Crippen LogP contribution in [-0.4, -0.2) is 12.6 Å². The first kappa shape index (κ1) is 9.51. The molecule has 0 bridgehead atoms. The summed E-state index contributed by atoms with van der Waals surface area (Å²) in [6.07, 6.45) is 5.10. The number of hydrogen-bond acceptors (Lipinski definition) is 3. The lowest BCUT2D eigenvalue weighted by Gasteiger charge is -2.56. The molecule has 2 aliphatic rings. The average molecular weight is 193 g/mol. The van der Waals surface area contributed by atoms with Crippen LogP contribution in [0.25, 0.3) is 0 Å². The number of ether oxygens (including phenoxy) is 1. The van der Waals surface area contributed by atoms with Gasteiger partial charge in [-0.1, -0.05) is 6.42 Å². The van der Waals surface area contributed by atoms with Crippen molar-refractivity contribution in [3.05, 3.63) is 0 Å². The Morgan fingerprint density at radius 2 is 2.14 bits per heavy atom. The maximum Gasteiger partial charge on any atom is 0.326 e. The molecule has 2 saturated carbocycles. The fraction of sp³-hybridized carbons (Fsp3) is 0.818. The van der Waals surface area contributed by atoms with E-state index in [0.717, 1.165) is 12.8 Å². The summed E-state index contributed by atoms with van der Waals surface area (Å²) in [6, 6.07) is 2.15. The van der Waals surface area contributed by atoms with Gasteiger partial charge in [0.1, 0.15) is 0 Å². The van der Waals surface area contributed by atoms with Gasteiger partial charge < -0.3 is 4.74 Å². The first-order chi connectivity index (χ1) is 6.66. The highest BCUT2D eigenvalue weighted by molar-refractivity contribution is 5.81. The van der Waals surface area contributed by atoms with Crippen molar-refractivity contribution < 1.29 is 9.53 Å². The Bertz CT molecular complexity index is 291. The standard InChI is InChI=1S/C11H15NO2/c1-2-14-9(13)11(8-12)6-10(7-11)4-3-5-10/h2-7H2,1H3. The molecule has 0 heterocycles. The van der Waals surface area contributed by atoms with Crippen LogP contribution >= 0.6 is 0 Å². The summed E-state index contributed by atoms with van der Waals surface area (Å²) in [7, 11) is 0. The van der Waals surface area contributed by atoms with Gasteiger partial charge in [-0.15, -0.1) is 0 Å². The number of esters is 1. The van der Waals surface area contributed by atoms with Crippen LogP contribution in [0.1, 0.15) is 39.0 Å². The van der Waals surface area contributed by atoms with Gasteiger partial charge >= 0.3 is 5.97 Å². The van der Waals surface area contributed by atoms with Crippen LogP contribution in [0.15, 0.2) is 0 Å². The smallest absolute Gasteiger partial charge is 0.326 e. The van der Waals surface area contributed by atoms with Crippen molar-refractivity contribution in [1.82, 2.24) is 0 Å². The van der Waals surface area contributed by atoms with Gasteiger partial charge in [0.25, 0.3) is 0 Å². The van der Waals surface area contributed by atoms with Gasteiger partial charge in [0, 0.05) is 0 Å². The molecule has 0 aromatic rings. The Morgan fingerprint density at radius 1 is 1.50 bits per heavy atom. The molecular formula is C11H15NO2. The molecule has 0 aliphatic heterocycles. The molecule has 0 amide bonds. The largest absolute Gasteiger partial charge is 0.465 e. The van der Waals surface area contributed by atoms with Crippen LogP contribution in [-0.2, 0) is 9.53 Å². The molecule has 0 aromatic carbocycles. The molecule has 2 aliphatic carbocycles. The molecule has 2 fully saturated rings. The van der Waals surface area contributed by atoms with Crippen molar-refractivity contribution >= 4 is 5.97 Å². The van der Waals surface area contributed by atoms with E-state index in [-0.39, 0.29) is 5.97 Å². The second-order valence-electron chi connectivity index (χ2n) is 4.62. The Hall–Kier alpha value is -1.04. The minimum absolute atomic E-state index is 0.306. The lowest BCUT2D eigenvalue weighted by atomic mass is 9.46. The Morgan fingerprint density at radius 3 is 2.50 bits per heavy atom. The van der Waals surface area contributed by atoms with Crippen molar-refractivity contribution in [2.24, 2.45) is 10.8 Å². The molecule has 0 saturated heterocycles. The second kappa shape index (κ2) is 2.98. The number of rotatable bonds is 2. The number of nitriles is 1. The van der Waals surface area contributed by atoms with Crippen LogP contribution in [0.5, 0.6) is 0 Å². The number of carbonyl (C=O) groups excluding carboxylic acids is 1. The summed E-state index contributed by atoms with van der Waals surface area (Å²) in [5.41, 5.74) is -0.459. The fourth-order valence-corrected chi connectivity index (χ4v) is 2.80. The van der Waals surface area contributed by atoms with E-state index in [1.54, 1.807) is 6.92 Å². The highest BCUT2D eigenvalue weighted by Gasteiger charge is 2.62. The van der Waals surface area contributed by atoms with Crippen molar-refractivity contribution in [3.63, 3.8) is 0 Å². The zero-order chi connectivity index (χ0) is 10.2. The van der Waals surface area contributed by atoms with E-state index >= 15 is 0 Å². The summed E-state index contributed by atoms with van der Waals surface area (Å²) in [4.78, 5) is 11.6. The Balaban J connectivity index is 2.01. The second-order valence-corrected chi connectivity index (χ2v) is 4.62. The zero-order valence-corrected chi connectivity index (χ0v) is 8.51. The fourth-order valence-electron chi connectivity index (χ4n) is 2.80. The molecule has 0 aromatic heterocycles. The molecule has 3 heteroatoms. The average Bonchev–Trinajstić information content (AvgIpc) is 2.01. The van der Waals surface area contributed by atoms with E-state index < -0.39 is 5.41 Å². The number of nitrogens with zero attached hydrogens (tertiary/aromatic N) is 1. The van der Waals surface area contributed by atoms with Crippen molar-refractivity contribution in [2.75, 3.05) is 6.61 Å². The third-order valence-corrected chi connectivity index (χ3v) is 3.65. The minimum Gasteiger partial charge on any atom is -0.465 e. The summed E-state index contributed by atoms with van der Waals surface area (Å²) >= 11 is 0. The van der Waals surface area contributed by atoms with Crippen LogP contribution in [0.4, 0.5) is 0 Å². The molecule has 0 unspecified atom stereocenters. The van der Waals surface area contributed by atoms with Crippen molar-refractivity contribution in [2.45, 2.75) is 39.0 Å². The van der Waals surface area contributed by atoms with Gasteiger partial charge in [0.2, 0.25) is 0 Å². The summed E-state index contributed by atoms with van der Waals surface area (Å²) in [6.45, 7) is 2.15. The number of carbonyl (C=O) groups is 1. The normalized spacial score (nSPS) is 25.7. The first-order valence-electron chi connectivity index (χ1n) is 5.25. The molecule has 76 valence electrons. The summed E-state index contributed by atoms with van der Waals surface area (Å²) in [5.74, 6) is -0.306.